The maximum Gasteiger partial charge on any atom is 0.235 e. The Bertz CT molecular complexity index is 984. The van der Waals surface area contributed by atoms with Gasteiger partial charge in [-0.2, -0.15) is 5.10 Å². The summed E-state index contributed by atoms with van der Waals surface area (Å²) in [7, 11) is 1.64. The first-order chi connectivity index (χ1) is 13.1. The first kappa shape index (κ1) is 18.1. The topological polar surface area (TPSA) is 56.1 Å². The predicted octanol–water partition coefficient (Wildman–Crippen LogP) is 4.73. The molecule has 4 rings (SSSR count). The zero-order valence-electron chi connectivity index (χ0n) is 14.9. The van der Waals surface area contributed by atoms with Crippen molar-refractivity contribution in [2.75, 3.05) is 18.2 Å². The third-order valence-electron chi connectivity index (χ3n) is 4.50. The second-order valence-corrected chi connectivity index (χ2v) is 8.26. The van der Waals surface area contributed by atoms with Crippen molar-refractivity contribution >= 4 is 39.4 Å². The zero-order chi connectivity index (χ0) is 19.0. The Morgan fingerprint density at radius 2 is 1.89 bits per heavy atom. The Hall–Kier alpha value is -2.25. The van der Waals surface area contributed by atoms with Crippen molar-refractivity contribution in [3.05, 3.63) is 69.8 Å². The Balaban J connectivity index is 1.84. The predicted molar refractivity (Wildman–Crippen MR) is 112 cm³/mol. The molecule has 2 heterocycles. The van der Waals surface area contributed by atoms with Crippen molar-refractivity contribution < 1.29 is 9.53 Å². The van der Waals surface area contributed by atoms with Crippen LogP contribution in [-0.2, 0) is 4.79 Å². The second-order valence-electron chi connectivity index (χ2n) is 6.25. The number of methoxy groups -OCH3 is 1. The number of amides is 1. The standard InChI is InChI=1S/C20H18BrN3O2S/c1-12-18-19(13-3-5-14(21)6-4-13)27-11-17(25)22-20(18)24(23-12)15-7-9-16(26-2)10-8-15/h3-10,19H,11H2,1-2H3,(H,22,25)/t19-/m0/s1. The average molecular weight is 444 g/mol. The number of fused-ring (bicyclic) bond motifs is 1. The molecule has 0 bridgehead atoms. The Morgan fingerprint density at radius 1 is 1.19 bits per heavy atom. The molecule has 0 saturated heterocycles. The van der Waals surface area contributed by atoms with Crippen LogP contribution in [0.5, 0.6) is 5.75 Å². The Kier molecular flexibility index (Phi) is 4.97. The second kappa shape index (κ2) is 7.40. The summed E-state index contributed by atoms with van der Waals surface area (Å²) in [5, 5.41) is 7.82. The molecule has 7 heteroatoms. The number of carbonyl (C=O) groups is 1. The van der Waals surface area contributed by atoms with Crippen molar-refractivity contribution in [3.8, 4) is 11.4 Å². The fourth-order valence-corrected chi connectivity index (χ4v) is 4.65. The van der Waals surface area contributed by atoms with Gasteiger partial charge in [0.25, 0.3) is 0 Å². The summed E-state index contributed by atoms with van der Waals surface area (Å²) in [6.07, 6.45) is 0. The van der Waals surface area contributed by atoms with E-state index in [4.69, 9.17) is 9.84 Å². The minimum absolute atomic E-state index is 0.0180. The lowest BCUT2D eigenvalue weighted by atomic mass is 10.0. The molecule has 0 unspecified atom stereocenters. The van der Waals surface area contributed by atoms with E-state index in [9.17, 15) is 4.79 Å². The summed E-state index contributed by atoms with van der Waals surface area (Å²) >= 11 is 5.11. The molecule has 0 fully saturated rings. The summed E-state index contributed by atoms with van der Waals surface area (Å²) < 4.78 is 8.08. The normalized spacial score (nSPS) is 16.4. The van der Waals surface area contributed by atoms with Gasteiger partial charge in [-0.05, 0) is 48.9 Å². The highest BCUT2D eigenvalue weighted by molar-refractivity contribution is 9.10. The van der Waals surface area contributed by atoms with Crippen LogP contribution in [0.4, 0.5) is 5.82 Å². The highest BCUT2D eigenvalue weighted by Gasteiger charge is 2.30. The molecule has 0 aliphatic carbocycles. The van der Waals surface area contributed by atoms with Gasteiger partial charge in [0.05, 0.1) is 29.5 Å². The first-order valence-electron chi connectivity index (χ1n) is 8.47. The van der Waals surface area contributed by atoms with E-state index in [1.807, 2.05) is 43.3 Å². The summed E-state index contributed by atoms with van der Waals surface area (Å²) in [5.74, 6) is 1.90. The van der Waals surface area contributed by atoms with Gasteiger partial charge in [-0.3, -0.25) is 4.79 Å². The van der Waals surface area contributed by atoms with E-state index in [0.717, 1.165) is 38.5 Å². The molecule has 1 atom stereocenters. The lowest BCUT2D eigenvalue weighted by Gasteiger charge is -2.15. The van der Waals surface area contributed by atoms with Gasteiger partial charge in [-0.25, -0.2) is 4.68 Å². The summed E-state index contributed by atoms with van der Waals surface area (Å²) in [4.78, 5) is 12.4. The van der Waals surface area contributed by atoms with Crippen molar-refractivity contribution in [1.29, 1.82) is 0 Å². The van der Waals surface area contributed by atoms with E-state index in [-0.39, 0.29) is 11.2 Å². The van der Waals surface area contributed by atoms with E-state index < -0.39 is 0 Å². The number of nitrogens with zero attached hydrogens (tertiary/aromatic N) is 2. The molecule has 1 aliphatic rings. The van der Waals surface area contributed by atoms with Crippen LogP contribution in [-0.4, -0.2) is 28.6 Å². The average Bonchev–Trinajstić information content (AvgIpc) is 2.88. The summed E-state index contributed by atoms with van der Waals surface area (Å²) in [5.41, 5.74) is 3.98. The fourth-order valence-electron chi connectivity index (χ4n) is 3.19. The van der Waals surface area contributed by atoms with E-state index >= 15 is 0 Å². The zero-order valence-corrected chi connectivity index (χ0v) is 17.3. The lowest BCUT2D eigenvalue weighted by Crippen LogP contribution is -2.15. The lowest BCUT2D eigenvalue weighted by molar-refractivity contribution is -0.113. The number of rotatable bonds is 3. The number of ether oxygens (including phenoxy) is 1. The van der Waals surface area contributed by atoms with Crippen LogP contribution in [0.2, 0.25) is 0 Å². The van der Waals surface area contributed by atoms with E-state index in [1.54, 1.807) is 23.6 Å². The Labute approximate surface area is 170 Å². The quantitative estimate of drug-likeness (QED) is 0.635. The number of aryl methyl sites for hydroxylation is 1. The largest absolute Gasteiger partial charge is 0.497 e. The number of anilines is 1. The van der Waals surface area contributed by atoms with E-state index in [2.05, 4.69) is 33.4 Å². The number of aromatic nitrogens is 2. The number of halogens is 1. The van der Waals surface area contributed by atoms with Crippen molar-refractivity contribution in [3.63, 3.8) is 0 Å². The summed E-state index contributed by atoms with van der Waals surface area (Å²) in [6, 6.07) is 15.9. The van der Waals surface area contributed by atoms with Crippen LogP contribution in [0, 0.1) is 6.92 Å². The van der Waals surface area contributed by atoms with Gasteiger partial charge < -0.3 is 10.1 Å². The smallest absolute Gasteiger partial charge is 0.235 e. The maximum atomic E-state index is 12.4. The molecule has 1 aliphatic heterocycles. The first-order valence-corrected chi connectivity index (χ1v) is 10.3. The van der Waals surface area contributed by atoms with Crippen LogP contribution in [0.25, 0.3) is 5.69 Å². The molecule has 2 aromatic carbocycles. The molecule has 1 aromatic heterocycles. The molecule has 0 spiro atoms. The van der Waals surface area contributed by atoms with Gasteiger partial charge in [0.15, 0.2) is 0 Å². The third kappa shape index (κ3) is 3.49. The van der Waals surface area contributed by atoms with Crippen molar-refractivity contribution in [2.24, 2.45) is 0 Å². The van der Waals surface area contributed by atoms with Gasteiger partial charge in [0.1, 0.15) is 11.6 Å². The van der Waals surface area contributed by atoms with Gasteiger partial charge in [0, 0.05) is 10.0 Å². The van der Waals surface area contributed by atoms with Crippen LogP contribution < -0.4 is 10.1 Å². The number of benzene rings is 2. The molecule has 3 aromatic rings. The van der Waals surface area contributed by atoms with Crippen molar-refractivity contribution in [1.82, 2.24) is 9.78 Å². The van der Waals surface area contributed by atoms with Crippen molar-refractivity contribution in [2.45, 2.75) is 12.2 Å². The van der Waals surface area contributed by atoms with Gasteiger partial charge in [0.2, 0.25) is 5.91 Å². The number of thioether (sulfide) groups is 1. The minimum atomic E-state index is -0.0180. The molecule has 0 saturated carbocycles. The molecule has 138 valence electrons. The summed E-state index contributed by atoms with van der Waals surface area (Å²) in [6.45, 7) is 1.99. The van der Waals surface area contributed by atoms with Crippen LogP contribution >= 0.6 is 27.7 Å². The molecule has 1 N–H and O–H groups in total. The van der Waals surface area contributed by atoms with E-state index in [0.29, 0.717) is 5.75 Å². The van der Waals surface area contributed by atoms with Gasteiger partial charge in [-0.1, -0.05) is 28.1 Å². The monoisotopic (exact) mass is 443 g/mol. The highest BCUT2D eigenvalue weighted by atomic mass is 79.9. The molecular weight excluding hydrogens is 426 g/mol. The van der Waals surface area contributed by atoms with Gasteiger partial charge >= 0.3 is 0 Å². The van der Waals surface area contributed by atoms with Crippen LogP contribution in [0.15, 0.2) is 53.0 Å². The molecule has 1 amide bonds. The maximum absolute atomic E-state index is 12.4. The SMILES string of the molecule is COc1ccc(-n2nc(C)c3c2NC(=O)CS[C@H]3c2ccc(Br)cc2)cc1. The molecule has 0 radical (unpaired) electrons. The fraction of sp³-hybridized carbons (Fsp3) is 0.200. The highest BCUT2D eigenvalue weighted by Crippen LogP contribution is 2.44. The number of hydrogen-bond donors (Lipinski definition) is 1. The van der Waals surface area contributed by atoms with Crippen LogP contribution in [0.1, 0.15) is 22.1 Å². The molecule has 27 heavy (non-hydrogen) atoms. The third-order valence-corrected chi connectivity index (χ3v) is 6.30. The molecule has 5 nitrogen and oxygen atoms in total. The number of hydrogen-bond acceptors (Lipinski definition) is 4. The number of nitrogens with one attached hydrogen (secondary N) is 1. The van der Waals surface area contributed by atoms with Crippen LogP contribution in [0.3, 0.4) is 0 Å². The van der Waals surface area contributed by atoms with E-state index in [1.165, 1.54) is 0 Å². The van der Waals surface area contributed by atoms with Gasteiger partial charge in [-0.15, -0.1) is 11.8 Å². The number of carbonyl (C=O) groups excluding carboxylic acids is 1. The Morgan fingerprint density at radius 3 is 2.56 bits per heavy atom. The minimum Gasteiger partial charge on any atom is -0.497 e. The molecular formula is C20H18BrN3O2S.